The van der Waals surface area contributed by atoms with Crippen LogP contribution in [0.3, 0.4) is 0 Å². The minimum Gasteiger partial charge on any atom is -0.443 e. The van der Waals surface area contributed by atoms with Crippen molar-refractivity contribution in [2.24, 2.45) is 0 Å². The Balaban J connectivity index is 2.35. The highest BCUT2D eigenvalue weighted by Gasteiger charge is 2.41. The highest BCUT2D eigenvalue weighted by Crippen LogP contribution is 2.55. The standard InChI is InChI=1S/C21H27Cl2O5P/c1-3-5-15-25-29(24,26-16-6-4-2)21(27-19-13-9-7-11-17(19)22)28-20-14-10-8-12-18(20)23/h7-14,21H,3-6,15-16H2,1-2H3. The average molecular weight is 461 g/mol. The van der Waals surface area contributed by atoms with E-state index in [1.54, 1.807) is 48.5 Å². The highest BCUT2D eigenvalue weighted by molar-refractivity contribution is 7.54. The van der Waals surface area contributed by atoms with Gasteiger partial charge in [-0.15, -0.1) is 0 Å². The van der Waals surface area contributed by atoms with E-state index in [0.29, 0.717) is 21.5 Å². The zero-order valence-corrected chi connectivity index (χ0v) is 19.1. The normalized spacial score (nSPS) is 11.6. The van der Waals surface area contributed by atoms with Gasteiger partial charge in [-0.05, 0) is 37.1 Å². The molecule has 0 fully saturated rings. The Morgan fingerprint density at radius 2 is 1.21 bits per heavy atom. The summed E-state index contributed by atoms with van der Waals surface area (Å²) >= 11 is 12.5. The molecule has 0 heterocycles. The molecule has 0 saturated carbocycles. The van der Waals surface area contributed by atoms with Crippen molar-refractivity contribution < 1.29 is 23.1 Å². The molecule has 0 atom stereocenters. The van der Waals surface area contributed by atoms with Crippen LogP contribution in [0, 0.1) is 0 Å². The van der Waals surface area contributed by atoms with Crippen LogP contribution in [-0.4, -0.2) is 19.2 Å². The molecule has 5 nitrogen and oxygen atoms in total. The zero-order chi connectivity index (χ0) is 21.1. The second-order valence-corrected chi connectivity index (χ2v) is 9.15. The van der Waals surface area contributed by atoms with Crippen LogP contribution in [0.5, 0.6) is 11.5 Å². The van der Waals surface area contributed by atoms with Crippen molar-refractivity contribution in [3.63, 3.8) is 0 Å². The molecule has 2 aromatic carbocycles. The first-order valence-electron chi connectivity index (χ1n) is 9.71. The van der Waals surface area contributed by atoms with Crippen molar-refractivity contribution >= 4 is 30.8 Å². The van der Waals surface area contributed by atoms with Crippen LogP contribution >= 0.6 is 30.8 Å². The molecule has 8 heteroatoms. The van der Waals surface area contributed by atoms with E-state index < -0.39 is 13.6 Å². The van der Waals surface area contributed by atoms with Crippen molar-refractivity contribution in [1.29, 1.82) is 0 Å². The summed E-state index contributed by atoms with van der Waals surface area (Å²) in [6.07, 6.45) is 3.23. The number of halogens is 2. The van der Waals surface area contributed by atoms with Crippen molar-refractivity contribution in [3.8, 4) is 11.5 Å². The summed E-state index contributed by atoms with van der Waals surface area (Å²) in [5.74, 6) is 0.620. The van der Waals surface area contributed by atoms with Crippen molar-refractivity contribution in [2.75, 3.05) is 13.2 Å². The molecule has 0 N–H and O–H groups in total. The molecule has 29 heavy (non-hydrogen) atoms. The van der Waals surface area contributed by atoms with E-state index in [0.717, 1.165) is 25.7 Å². The topological polar surface area (TPSA) is 54.0 Å². The largest absolute Gasteiger partial charge is 0.443 e. The van der Waals surface area contributed by atoms with Gasteiger partial charge in [0.2, 0.25) is 0 Å². The molecule has 0 bridgehead atoms. The molecule has 0 saturated heterocycles. The second-order valence-electron chi connectivity index (χ2n) is 6.32. The molecule has 160 valence electrons. The van der Waals surface area contributed by atoms with Crippen LogP contribution in [0.15, 0.2) is 48.5 Å². The Kier molecular flexibility index (Phi) is 10.3. The lowest BCUT2D eigenvalue weighted by Crippen LogP contribution is -2.27. The van der Waals surface area contributed by atoms with Gasteiger partial charge in [-0.3, -0.25) is 4.57 Å². The van der Waals surface area contributed by atoms with Crippen molar-refractivity contribution in [2.45, 2.75) is 45.6 Å². The lowest BCUT2D eigenvalue weighted by atomic mass is 10.3. The van der Waals surface area contributed by atoms with Gasteiger partial charge >= 0.3 is 13.6 Å². The van der Waals surface area contributed by atoms with Gasteiger partial charge in [0.1, 0.15) is 11.5 Å². The molecule has 0 unspecified atom stereocenters. The first kappa shape index (κ1) is 24.0. The summed E-state index contributed by atoms with van der Waals surface area (Å²) in [5.41, 5.74) is 0. The molecular formula is C21H27Cl2O5P. The van der Waals surface area contributed by atoms with E-state index in [9.17, 15) is 4.57 Å². The molecule has 0 aliphatic carbocycles. The first-order chi connectivity index (χ1) is 14.0. The third-order valence-electron chi connectivity index (χ3n) is 3.93. The SMILES string of the molecule is CCCCOP(=O)(OCCCC)C(Oc1ccccc1Cl)Oc1ccccc1Cl. The molecule has 0 aliphatic heterocycles. The summed E-state index contributed by atoms with van der Waals surface area (Å²) in [6.45, 7) is 4.55. The molecule has 0 aliphatic rings. The minimum absolute atomic E-state index is 0.258. The predicted molar refractivity (Wildman–Crippen MR) is 117 cm³/mol. The first-order valence-corrected chi connectivity index (χ1v) is 12.1. The molecule has 2 aromatic rings. The van der Waals surface area contributed by atoms with Crippen LogP contribution in [0.1, 0.15) is 39.5 Å². The third kappa shape index (κ3) is 7.51. The lowest BCUT2D eigenvalue weighted by Gasteiger charge is -2.28. The van der Waals surface area contributed by atoms with E-state index in [2.05, 4.69) is 0 Å². The Morgan fingerprint density at radius 1 is 0.793 bits per heavy atom. The fourth-order valence-corrected chi connectivity index (χ4v) is 4.21. The van der Waals surface area contributed by atoms with Crippen LogP contribution in [0.4, 0.5) is 0 Å². The van der Waals surface area contributed by atoms with Gasteiger partial charge in [0.15, 0.2) is 0 Å². The summed E-state index contributed by atoms with van der Waals surface area (Å²) in [5, 5.41) is 0.711. The van der Waals surface area contributed by atoms with Gasteiger partial charge in [-0.2, -0.15) is 0 Å². The number of unbranched alkanes of at least 4 members (excludes halogenated alkanes) is 2. The van der Waals surface area contributed by atoms with Gasteiger partial charge in [-0.1, -0.05) is 74.2 Å². The summed E-state index contributed by atoms with van der Waals surface area (Å²) in [7, 11) is -3.82. The molecule has 2 rings (SSSR count). The average Bonchev–Trinajstić information content (AvgIpc) is 2.71. The predicted octanol–water partition coefficient (Wildman–Crippen LogP) is 7.56. The van der Waals surface area contributed by atoms with Gasteiger partial charge in [-0.25, -0.2) is 0 Å². The Bertz CT molecular complexity index is 741. The number of rotatable bonds is 13. The smallest absolute Gasteiger partial charge is 0.411 e. The maximum absolute atomic E-state index is 13.7. The Hall–Kier alpha value is -1.23. The molecule has 0 spiro atoms. The quantitative estimate of drug-likeness (QED) is 0.175. The highest BCUT2D eigenvalue weighted by atomic mass is 35.5. The fourth-order valence-electron chi connectivity index (χ4n) is 2.28. The maximum atomic E-state index is 13.7. The van der Waals surface area contributed by atoms with Crippen LogP contribution in [0.25, 0.3) is 0 Å². The van der Waals surface area contributed by atoms with E-state index in [-0.39, 0.29) is 13.2 Å². The Labute approximate surface area is 182 Å². The zero-order valence-electron chi connectivity index (χ0n) is 16.7. The third-order valence-corrected chi connectivity index (χ3v) is 6.36. The molecule has 0 aromatic heterocycles. The summed E-state index contributed by atoms with van der Waals surface area (Å²) in [4.78, 5) is 0. The van der Waals surface area contributed by atoms with Gasteiger partial charge in [0, 0.05) is 0 Å². The maximum Gasteiger partial charge on any atom is 0.411 e. The summed E-state index contributed by atoms with van der Waals surface area (Å²) < 4.78 is 36.9. The van der Waals surface area contributed by atoms with E-state index in [4.69, 9.17) is 41.7 Å². The number of ether oxygens (including phenoxy) is 2. The van der Waals surface area contributed by atoms with Crippen molar-refractivity contribution in [1.82, 2.24) is 0 Å². The van der Waals surface area contributed by atoms with E-state index in [1.165, 1.54) is 0 Å². The monoisotopic (exact) mass is 460 g/mol. The van der Waals surface area contributed by atoms with Gasteiger partial charge in [0.05, 0.1) is 23.3 Å². The van der Waals surface area contributed by atoms with Crippen LogP contribution < -0.4 is 9.47 Å². The second kappa shape index (κ2) is 12.5. The van der Waals surface area contributed by atoms with E-state index >= 15 is 0 Å². The van der Waals surface area contributed by atoms with Crippen LogP contribution in [0.2, 0.25) is 10.0 Å². The Morgan fingerprint density at radius 3 is 1.59 bits per heavy atom. The minimum atomic E-state index is -3.82. The molecule has 0 radical (unpaired) electrons. The van der Waals surface area contributed by atoms with E-state index in [1.807, 2.05) is 13.8 Å². The summed E-state index contributed by atoms with van der Waals surface area (Å²) in [6, 6.07) is 12.4. The molecular weight excluding hydrogens is 434 g/mol. The molecule has 0 amide bonds. The number of benzene rings is 2. The van der Waals surface area contributed by atoms with Crippen LogP contribution in [-0.2, 0) is 13.6 Å². The fraction of sp³-hybridized carbons (Fsp3) is 0.429. The lowest BCUT2D eigenvalue weighted by molar-refractivity contribution is 0.0335. The van der Waals surface area contributed by atoms with Gasteiger partial charge in [0.25, 0.3) is 0 Å². The number of hydrogen-bond acceptors (Lipinski definition) is 5. The number of para-hydroxylation sites is 2. The van der Waals surface area contributed by atoms with Crippen molar-refractivity contribution in [3.05, 3.63) is 58.6 Å². The van der Waals surface area contributed by atoms with Gasteiger partial charge < -0.3 is 18.5 Å². The number of hydrogen-bond donors (Lipinski definition) is 0.